The monoisotopic (exact) mass is 354 g/mol. The third-order valence-corrected chi connectivity index (χ3v) is 4.72. The van der Waals surface area contributed by atoms with Crippen LogP contribution in [-0.4, -0.2) is 27.5 Å². The van der Waals surface area contributed by atoms with E-state index in [0.29, 0.717) is 28.9 Å². The summed E-state index contributed by atoms with van der Waals surface area (Å²) in [7, 11) is 0. The maximum absolute atomic E-state index is 12.3. The van der Waals surface area contributed by atoms with Crippen LogP contribution in [0, 0.1) is 5.92 Å². The maximum Gasteiger partial charge on any atom is 0.329 e. The molecule has 0 saturated heterocycles. The molecule has 1 saturated carbocycles. The number of rotatable bonds is 4. The lowest BCUT2D eigenvalue weighted by Gasteiger charge is -2.37. The summed E-state index contributed by atoms with van der Waals surface area (Å²) in [5, 5.41) is 12.3. The molecule has 1 aromatic rings. The molecule has 0 atom stereocenters. The van der Waals surface area contributed by atoms with Crippen molar-refractivity contribution >= 4 is 27.8 Å². The highest BCUT2D eigenvalue weighted by Gasteiger charge is 2.43. The Morgan fingerprint density at radius 2 is 2.14 bits per heavy atom. The Labute approximate surface area is 132 Å². The fourth-order valence-electron chi connectivity index (χ4n) is 2.80. The molecule has 0 radical (unpaired) electrons. The molecule has 1 fully saturated rings. The van der Waals surface area contributed by atoms with Crippen LogP contribution in [0.5, 0.6) is 0 Å². The first kappa shape index (κ1) is 15.9. The fraction of sp³-hybridized carbons (Fsp3) is 0.533. The molecule has 0 aliphatic heterocycles. The first-order valence-corrected chi connectivity index (χ1v) is 7.93. The van der Waals surface area contributed by atoms with Gasteiger partial charge in [-0.05, 0) is 59.7 Å². The predicted octanol–water partition coefficient (Wildman–Crippen LogP) is 3.00. The van der Waals surface area contributed by atoms with Gasteiger partial charge >= 0.3 is 5.97 Å². The van der Waals surface area contributed by atoms with Crippen molar-refractivity contribution in [2.24, 2.45) is 5.92 Å². The summed E-state index contributed by atoms with van der Waals surface area (Å²) in [5.41, 5.74) is -0.728. The zero-order chi connectivity index (χ0) is 15.5. The van der Waals surface area contributed by atoms with Gasteiger partial charge in [0, 0.05) is 11.8 Å². The summed E-state index contributed by atoms with van der Waals surface area (Å²) in [6.07, 6.45) is 5.21. The van der Waals surface area contributed by atoms with Gasteiger partial charge in [0.05, 0.1) is 0 Å². The second-order valence-electron chi connectivity index (χ2n) is 5.56. The minimum atomic E-state index is -1.14. The molecule has 0 aromatic carbocycles. The smallest absolute Gasteiger partial charge is 0.329 e. The molecule has 5 nitrogen and oxygen atoms in total. The van der Waals surface area contributed by atoms with Gasteiger partial charge < -0.3 is 10.4 Å². The topological polar surface area (TPSA) is 79.3 Å². The van der Waals surface area contributed by atoms with Gasteiger partial charge in [0.15, 0.2) is 0 Å². The van der Waals surface area contributed by atoms with Crippen LogP contribution < -0.4 is 5.32 Å². The van der Waals surface area contributed by atoms with Crippen molar-refractivity contribution < 1.29 is 14.7 Å². The fourth-order valence-corrected chi connectivity index (χ4v) is 3.17. The summed E-state index contributed by atoms with van der Waals surface area (Å²) in [5.74, 6) is -0.751. The molecule has 1 aliphatic rings. The molecule has 1 aliphatic carbocycles. The minimum absolute atomic E-state index is 0.365. The number of aromatic nitrogens is 1. The van der Waals surface area contributed by atoms with Crippen molar-refractivity contribution in [3.05, 3.63) is 28.5 Å². The Hall–Kier alpha value is -1.43. The number of hydrogen-bond acceptors (Lipinski definition) is 3. The number of halogens is 1. The largest absolute Gasteiger partial charge is 0.480 e. The van der Waals surface area contributed by atoms with Gasteiger partial charge in [0.25, 0.3) is 5.91 Å². The average Bonchev–Trinajstić information content (AvgIpc) is 2.47. The highest BCUT2D eigenvalue weighted by atomic mass is 79.9. The zero-order valence-electron chi connectivity index (χ0n) is 11.9. The van der Waals surface area contributed by atoms with Crippen LogP contribution in [0.25, 0.3) is 0 Å². The number of aliphatic carboxylic acids is 1. The Morgan fingerprint density at radius 3 is 2.67 bits per heavy atom. The van der Waals surface area contributed by atoms with Crippen molar-refractivity contribution in [1.29, 1.82) is 0 Å². The van der Waals surface area contributed by atoms with Crippen molar-refractivity contribution in [3.8, 4) is 0 Å². The van der Waals surface area contributed by atoms with E-state index in [4.69, 9.17) is 0 Å². The van der Waals surface area contributed by atoms with E-state index in [9.17, 15) is 14.7 Å². The maximum atomic E-state index is 12.3. The molecule has 2 N–H and O–H groups in total. The molecule has 0 spiro atoms. The molecule has 1 aromatic heterocycles. The lowest BCUT2D eigenvalue weighted by molar-refractivity contribution is -0.146. The van der Waals surface area contributed by atoms with E-state index in [-0.39, 0.29) is 5.91 Å². The highest BCUT2D eigenvalue weighted by Crippen LogP contribution is 2.34. The van der Waals surface area contributed by atoms with Crippen molar-refractivity contribution in [2.75, 3.05) is 0 Å². The van der Waals surface area contributed by atoms with Gasteiger partial charge in [0.1, 0.15) is 10.1 Å². The SMILES string of the molecule is CCC1CCC(NC(=O)c2ccnc(Br)c2)(C(=O)O)CC1. The number of pyridine rings is 1. The minimum Gasteiger partial charge on any atom is -0.480 e. The number of carboxylic acid groups (broad SMARTS) is 1. The van der Waals surface area contributed by atoms with E-state index >= 15 is 0 Å². The molecule has 0 unspecified atom stereocenters. The van der Waals surface area contributed by atoms with Gasteiger partial charge in [-0.1, -0.05) is 13.3 Å². The second kappa shape index (κ2) is 6.56. The molecule has 1 amide bonds. The third kappa shape index (κ3) is 3.61. The van der Waals surface area contributed by atoms with Crippen molar-refractivity contribution in [2.45, 2.75) is 44.6 Å². The van der Waals surface area contributed by atoms with Crippen LogP contribution in [0.1, 0.15) is 49.4 Å². The van der Waals surface area contributed by atoms with Gasteiger partial charge in [-0.15, -0.1) is 0 Å². The lowest BCUT2D eigenvalue weighted by atomic mass is 9.75. The van der Waals surface area contributed by atoms with Gasteiger partial charge in [0.2, 0.25) is 0 Å². The first-order valence-electron chi connectivity index (χ1n) is 7.14. The quantitative estimate of drug-likeness (QED) is 0.814. The number of carboxylic acids is 1. The van der Waals surface area contributed by atoms with E-state index < -0.39 is 11.5 Å². The lowest BCUT2D eigenvalue weighted by Crippen LogP contribution is -2.56. The standard InChI is InChI=1S/C15H19BrN2O3/c1-2-10-3-6-15(7-4-10,14(20)21)18-13(19)11-5-8-17-12(16)9-11/h5,8-10H,2-4,6-7H2,1H3,(H,18,19)(H,20,21). The molecule has 21 heavy (non-hydrogen) atoms. The number of amides is 1. The Bertz CT molecular complexity index is 539. The predicted molar refractivity (Wildman–Crippen MR) is 82.0 cm³/mol. The van der Waals surface area contributed by atoms with Crippen LogP contribution in [0.4, 0.5) is 0 Å². The summed E-state index contributed by atoms with van der Waals surface area (Å²) in [6.45, 7) is 2.12. The van der Waals surface area contributed by atoms with Crippen LogP contribution in [0.2, 0.25) is 0 Å². The highest BCUT2D eigenvalue weighted by molar-refractivity contribution is 9.10. The Morgan fingerprint density at radius 1 is 1.48 bits per heavy atom. The third-order valence-electron chi connectivity index (χ3n) is 4.29. The summed E-state index contributed by atoms with van der Waals surface area (Å²) in [4.78, 5) is 27.9. The van der Waals surface area contributed by atoms with E-state index in [1.807, 2.05) is 0 Å². The molecule has 114 valence electrons. The molecular weight excluding hydrogens is 336 g/mol. The van der Waals surface area contributed by atoms with E-state index in [1.54, 1.807) is 12.1 Å². The number of carbonyl (C=O) groups excluding carboxylic acids is 1. The average molecular weight is 355 g/mol. The summed E-state index contributed by atoms with van der Waals surface area (Å²) >= 11 is 3.21. The van der Waals surface area contributed by atoms with Crippen LogP contribution in [0.3, 0.4) is 0 Å². The number of nitrogens with one attached hydrogen (secondary N) is 1. The normalized spacial score (nSPS) is 25.3. The number of nitrogens with zero attached hydrogens (tertiary/aromatic N) is 1. The summed E-state index contributed by atoms with van der Waals surface area (Å²) < 4.78 is 0.550. The Kier molecular flexibility index (Phi) is 4.98. The molecule has 6 heteroatoms. The van der Waals surface area contributed by atoms with Crippen LogP contribution in [0.15, 0.2) is 22.9 Å². The first-order chi connectivity index (χ1) is 9.97. The molecular formula is C15H19BrN2O3. The van der Waals surface area contributed by atoms with Gasteiger partial charge in [-0.25, -0.2) is 9.78 Å². The van der Waals surface area contributed by atoms with Crippen molar-refractivity contribution in [1.82, 2.24) is 10.3 Å². The molecule has 2 rings (SSSR count). The molecule has 1 heterocycles. The van der Waals surface area contributed by atoms with Crippen LogP contribution in [-0.2, 0) is 4.79 Å². The van der Waals surface area contributed by atoms with Gasteiger partial charge in [-0.2, -0.15) is 0 Å². The van der Waals surface area contributed by atoms with Crippen LogP contribution >= 0.6 is 15.9 Å². The summed E-state index contributed by atoms with van der Waals surface area (Å²) in [6, 6.07) is 3.16. The second-order valence-corrected chi connectivity index (χ2v) is 6.37. The number of hydrogen-bond donors (Lipinski definition) is 2. The Balaban J connectivity index is 2.14. The zero-order valence-corrected chi connectivity index (χ0v) is 13.5. The van der Waals surface area contributed by atoms with Gasteiger partial charge in [-0.3, -0.25) is 4.79 Å². The van der Waals surface area contributed by atoms with E-state index in [0.717, 1.165) is 19.3 Å². The van der Waals surface area contributed by atoms with E-state index in [2.05, 4.69) is 33.2 Å². The molecule has 0 bridgehead atoms. The number of carbonyl (C=O) groups is 2. The van der Waals surface area contributed by atoms with Crippen molar-refractivity contribution in [3.63, 3.8) is 0 Å². The van der Waals surface area contributed by atoms with E-state index in [1.165, 1.54) is 6.20 Å².